The second-order valence-corrected chi connectivity index (χ2v) is 9.49. The molecule has 0 aliphatic carbocycles. The van der Waals surface area contributed by atoms with E-state index in [-0.39, 0.29) is 11.9 Å². The van der Waals surface area contributed by atoms with Gasteiger partial charge in [0.25, 0.3) is 5.91 Å². The van der Waals surface area contributed by atoms with E-state index in [1.54, 1.807) is 20.4 Å². The molecule has 2 aromatic carbocycles. The van der Waals surface area contributed by atoms with E-state index in [0.717, 1.165) is 67.3 Å². The average Bonchev–Trinajstić information content (AvgIpc) is 2.90. The molecule has 1 heterocycles. The minimum Gasteiger partial charge on any atom is -0.497 e. The molecule has 1 amide bonds. The minimum atomic E-state index is -0.250. The van der Waals surface area contributed by atoms with Gasteiger partial charge in [-0.1, -0.05) is 6.07 Å². The molecule has 36 heavy (non-hydrogen) atoms. The summed E-state index contributed by atoms with van der Waals surface area (Å²) >= 11 is 1.94. The summed E-state index contributed by atoms with van der Waals surface area (Å²) in [4.78, 5) is 18.1. The van der Waals surface area contributed by atoms with Gasteiger partial charge in [0.15, 0.2) is 0 Å². The van der Waals surface area contributed by atoms with Crippen LogP contribution in [-0.2, 0) is 3.07 Å². The number of methoxy groups -OCH3 is 1. The van der Waals surface area contributed by atoms with Crippen LogP contribution in [0, 0.1) is 12.3 Å². The van der Waals surface area contributed by atoms with Gasteiger partial charge in [-0.3, -0.25) is 9.69 Å². The predicted octanol–water partition coefficient (Wildman–Crippen LogP) is 4.19. The molecule has 1 aliphatic rings. The number of rotatable bonds is 11. The maximum atomic E-state index is 13.3. The van der Waals surface area contributed by atoms with E-state index in [1.807, 2.05) is 67.2 Å². The summed E-state index contributed by atoms with van der Waals surface area (Å²) in [5.41, 5.74) is 5.16. The number of carbonyl (C=O) groups is 1. The number of hydrogen-bond acceptors (Lipinski definition) is 7. The van der Waals surface area contributed by atoms with Crippen LogP contribution in [0.25, 0.3) is 5.57 Å². The lowest BCUT2D eigenvalue weighted by Crippen LogP contribution is -2.47. The summed E-state index contributed by atoms with van der Waals surface area (Å²) in [5.74, 6) is 0.567. The number of aryl methyl sites for hydroxylation is 1. The minimum absolute atomic E-state index is 0.109. The van der Waals surface area contributed by atoms with Crippen molar-refractivity contribution in [2.75, 3.05) is 58.4 Å². The zero-order valence-electron chi connectivity index (χ0n) is 21.4. The van der Waals surface area contributed by atoms with Crippen LogP contribution in [0.4, 0.5) is 5.69 Å². The Morgan fingerprint density at radius 1 is 1.19 bits per heavy atom. The number of nitrogens with zero attached hydrogens (tertiary/aromatic N) is 2. The van der Waals surface area contributed by atoms with Crippen LogP contribution >= 0.6 is 23.0 Å². The molecule has 3 rings (SSSR count). The summed E-state index contributed by atoms with van der Waals surface area (Å²) < 4.78 is 10.7. The van der Waals surface area contributed by atoms with Gasteiger partial charge in [-0.05, 0) is 60.9 Å². The van der Waals surface area contributed by atoms with E-state index in [4.69, 9.17) is 13.2 Å². The summed E-state index contributed by atoms with van der Waals surface area (Å²) in [5, 5.41) is 13.9. The first-order valence-electron chi connectivity index (χ1n) is 12.1. The number of carbonyl (C=O) groups excluding carboxylic acids is 1. The van der Waals surface area contributed by atoms with Crippen molar-refractivity contribution in [1.29, 1.82) is 5.41 Å². The number of ether oxygens (including phenoxy) is 1. The predicted molar refractivity (Wildman–Crippen MR) is 154 cm³/mol. The van der Waals surface area contributed by atoms with Crippen molar-refractivity contribution in [3.05, 3.63) is 64.9 Å². The molecule has 0 radical (unpaired) electrons. The van der Waals surface area contributed by atoms with Crippen molar-refractivity contribution in [2.24, 2.45) is 0 Å². The Morgan fingerprint density at radius 2 is 1.94 bits per heavy atom. The molecule has 3 N–H and O–H groups in total. The molecule has 8 nitrogen and oxygen atoms in total. The first kappa shape index (κ1) is 27.9. The molecular formula is C27H36IN5O3. The lowest BCUT2D eigenvalue weighted by atomic mass is 9.99. The lowest BCUT2D eigenvalue weighted by Gasteiger charge is -2.36. The summed E-state index contributed by atoms with van der Waals surface area (Å²) in [7, 11) is 3.41. The average molecular weight is 606 g/mol. The van der Waals surface area contributed by atoms with Gasteiger partial charge in [0.1, 0.15) is 28.8 Å². The number of nitrogens with one attached hydrogen (secondary N) is 3. The van der Waals surface area contributed by atoms with Crippen LogP contribution in [0.15, 0.2) is 42.6 Å². The Labute approximate surface area is 228 Å². The molecule has 0 saturated carbocycles. The van der Waals surface area contributed by atoms with Crippen molar-refractivity contribution in [1.82, 2.24) is 15.5 Å². The molecule has 0 spiro atoms. The second kappa shape index (κ2) is 13.6. The van der Waals surface area contributed by atoms with Crippen LogP contribution < -0.4 is 20.3 Å². The molecule has 1 saturated heterocycles. The largest absolute Gasteiger partial charge is 0.497 e. The topological polar surface area (TPSA) is 89.9 Å². The number of allylic oxidation sites excluding steroid dienone is 1. The number of piperazine rings is 1. The van der Waals surface area contributed by atoms with Crippen molar-refractivity contribution in [3.8, 4) is 5.75 Å². The molecule has 194 valence electrons. The number of anilines is 1. The third kappa shape index (κ3) is 7.21. The van der Waals surface area contributed by atoms with Gasteiger partial charge in [-0.2, -0.15) is 0 Å². The smallest absolute Gasteiger partial charge is 0.252 e. The highest BCUT2D eigenvalue weighted by Crippen LogP contribution is 2.27. The number of hydrogen-bond donors (Lipinski definition) is 3. The normalized spacial score (nSPS) is 15.4. The molecule has 0 aromatic heterocycles. The van der Waals surface area contributed by atoms with Gasteiger partial charge in [0.2, 0.25) is 0 Å². The Bertz CT molecular complexity index is 1080. The molecular weight excluding hydrogens is 569 g/mol. The van der Waals surface area contributed by atoms with Crippen molar-refractivity contribution < 1.29 is 12.6 Å². The maximum Gasteiger partial charge on any atom is 0.252 e. The van der Waals surface area contributed by atoms with Crippen LogP contribution in [0.3, 0.4) is 0 Å². The fourth-order valence-corrected chi connectivity index (χ4v) is 4.52. The summed E-state index contributed by atoms with van der Waals surface area (Å²) in [6, 6.07) is 11.7. The van der Waals surface area contributed by atoms with Crippen molar-refractivity contribution >= 4 is 46.4 Å². The standard InChI is InChI=1S/C27H36IN5O3/c1-19-5-6-24(33-9-7-32(8-10-33)11-12-36-28)16-26(19)27(34)31-20(2)21-13-22(15-25(14-21)35-4)23(17-29)18-30-3/h5-6,13-18,20,29-30H,7-12H2,1-4H3,(H,31,34)/b23-18+,29-17?/t20-/m1/s1. The van der Waals surface area contributed by atoms with E-state index in [0.29, 0.717) is 11.3 Å². The maximum absolute atomic E-state index is 13.3. The Balaban J connectivity index is 1.75. The van der Waals surface area contributed by atoms with Gasteiger partial charge >= 0.3 is 0 Å². The fourth-order valence-electron chi connectivity index (χ4n) is 4.32. The molecule has 1 atom stereocenters. The first-order valence-corrected chi connectivity index (χ1v) is 13.0. The van der Waals surface area contributed by atoms with E-state index in [2.05, 4.69) is 26.5 Å². The Hall–Kier alpha value is -2.63. The van der Waals surface area contributed by atoms with Crippen molar-refractivity contribution in [3.63, 3.8) is 0 Å². The monoisotopic (exact) mass is 605 g/mol. The van der Waals surface area contributed by atoms with Gasteiger partial charge in [0, 0.05) is 69.0 Å². The lowest BCUT2D eigenvalue weighted by molar-refractivity contribution is 0.0939. The Kier molecular flexibility index (Phi) is 10.6. The Morgan fingerprint density at radius 3 is 2.58 bits per heavy atom. The zero-order chi connectivity index (χ0) is 26.1. The molecule has 9 heteroatoms. The molecule has 0 bridgehead atoms. The SMILES string of the molecule is CN/C=C(\C=N)c1cc(OC)cc([C@@H](C)NC(=O)c2cc(N3CCN(CCOI)CC3)ccc2C)c1. The van der Waals surface area contributed by atoms with Gasteiger partial charge < -0.3 is 28.7 Å². The highest BCUT2D eigenvalue weighted by atomic mass is 127. The van der Waals surface area contributed by atoms with E-state index in [9.17, 15) is 4.79 Å². The van der Waals surface area contributed by atoms with E-state index in [1.165, 1.54) is 6.21 Å². The first-order chi connectivity index (χ1) is 17.4. The highest BCUT2D eigenvalue weighted by Gasteiger charge is 2.20. The summed E-state index contributed by atoms with van der Waals surface area (Å²) in [6.07, 6.45) is 3.06. The zero-order valence-corrected chi connectivity index (χ0v) is 23.6. The van der Waals surface area contributed by atoms with E-state index >= 15 is 0 Å². The van der Waals surface area contributed by atoms with E-state index < -0.39 is 0 Å². The van der Waals surface area contributed by atoms with Crippen LogP contribution in [0.2, 0.25) is 0 Å². The second-order valence-electron chi connectivity index (χ2n) is 8.86. The van der Waals surface area contributed by atoms with Crippen LogP contribution in [-0.4, -0.2) is 70.5 Å². The van der Waals surface area contributed by atoms with Gasteiger partial charge in [0.05, 0.1) is 19.8 Å². The number of amides is 1. The molecule has 2 aromatic rings. The molecule has 1 fully saturated rings. The number of halogens is 1. The molecule has 1 aliphatic heterocycles. The third-order valence-corrected chi connectivity index (χ3v) is 6.93. The van der Waals surface area contributed by atoms with Crippen molar-refractivity contribution in [2.45, 2.75) is 19.9 Å². The fraction of sp³-hybridized carbons (Fsp3) is 0.407. The van der Waals surface area contributed by atoms with Crippen LogP contribution in [0.1, 0.15) is 40.0 Å². The van der Waals surface area contributed by atoms with Crippen LogP contribution in [0.5, 0.6) is 5.75 Å². The summed E-state index contributed by atoms with van der Waals surface area (Å²) in [6.45, 7) is 9.39. The third-order valence-electron chi connectivity index (χ3n) is 6.49. The quantitative estimate of drug-likeness (QED) is 0.263. The van der Waals surface area contributed by atoms with Gasteiger partial charge in [-0.25, -0.2) is 0 Å². The number of benzene rings is 2. The highest BCUT2D eigenvalue weighted by molar-refractivity contribution is 14.1. The molecule has 0 unspecified atom stereocenters. The van der Waals surface area contributed by atoms with Gasteiger partial charge in [-0.15, -0.1) is 0 Å².